The second-order valence-corrected chi connectivity index (χ2v) is 1.75. The molecule has 0 amide bonds. The van der Waals surface area contributed by atoms with Crippen LogP contribution >= 0.6 is 0 Å². The van der Waals surface area contributed by atoms with Gasteiger partial charge in [0.2, 0.25) is 0 Å². The number of nitriles is 2. The van der Waals surface area contributed by atoms with E-state index in [0.29, 0.717) is 26.1 Å². The zero-order valence-electron chi connectivity index (χ0n) is 6.25. The molecular formula is C6H9BN2O2. The van der Waals surface area contributed by atoms with Crippen molar-refractivity contribution in [3.05, 3.63) is 0 Å². The van der Waals surface area contributed by atoms with Gasteiger partial charge >= 0.3 is 7.69 Å². The normalized spacial score (nSPS) is 8.18. The number of rotatable bonds is 6. The monoisotopic (exact) mass is 152 g/mol. The van der Waals surface area contributed by atoms with Gasteiger partial charge in [-0.05, 0) is 0 Å². The van der Waals surface area contributed by atoms with Crippen LogP contribution in [0.15, 0.2) is 0 Å². The molecule has 0 aliphatic carbocycles. The Morgan fingerprint density at radius 2 is 1.45 bits per heavy atom. The molecule has 0 N–H and O–H groups in total. The summed E-state index contributed by atoms with van der Waals surface area (Å²) in [6.07, 6.45) is 0.753. The molecule has 58 valence electrons. The van der Waals surface area contributed by atoms with E-state index in [4.69, 9.17) is 19.8 Å². The van der Waals surface area contributed by atoms with Gasteiger partial charge in [0.25, 0.3) is 0 Å². The Bertz CT molecular complexity index is 143. The maximum Gasteiger partial charge on any atom is 0.438 e. The van der Waals surface area contributed by atoms with Crippen LogP contribution in [0, 0.1) is 22.7 Å². The predicted molar refractivity (Wildman–Crippen MR) is 39.5 cm³/mol. The van der Waals surface area contributed by atoms with E-state index in [9.17, 15) is 0 Å². The molecule has 5 heteroatoms. The minimum atomic E-state index is 0.170. The quantitative estimate of drug-likeness (QED) is 0.400. The highest BCUT2D eigenvalue weighted by atomic mass is 16.6. The molecule has 0 atom stereocenters. The van der Waals surface area contributed by atoms with Crippen molar-refractivity contribution in [1.82, 2.24) is 0 Å². The summed E-state index contributed by atoms with van der Waals surface area (Å²) in [5.41, 5.74) is 0. The molecule has 4 nitrogen and oxygen atoms in total. The Kier molecular flexibility index (Phi) is 8.12. The Balaban J connectivity index is 2.82. The van der Waals surface area contributed by atoms with E-state index < -0.39 is 0 Å². The van der Waals surface area contributed by atoms with Crippen LogP contribution < -0.4 is 0 Å². The molecule has 0 unspecified atom stereocenters. The van der Waals surface area contributed by atoms with Crippen LogP contribution in [0.4, 0.5) is 0 Å². The molecule has 0 rings (SSSR count). The van der Waals surface area contributed by atoms with Gasteiger partial charge in [0, 0.05) is 13.2 Å². The molecule has 0 aliphatic rings. The van der Waals surface area contributed by atoms with Gasteiger partial charge in [-0.2, -0.15) is 10.5 Å². The second-order valence-electron chi connectivity index (χ2n) is 1.75. The maximum absolute atomic E-state index is 8.09. The first-order valence-electron chi connectivity index (χ1n) is 3.31. The fraction of sp³-hybridized carbons (Fsp3) is 0.667. The summed E-state index contributed by atoms with van der Waals surface area (Å²) in [4.78, 5) is 0. The second kappa shape index (κ2) is 8.96. The molecule has 11 heavy (non-hydrogen) atoms. The molecular weight excluding hydrogens is 143 g/mol. The fourth-order valence-corrected chi connectivity index (χ4v) is 0.412. The van der Waals surface area contributed by atoms with Crippen LogP contribution in [0.5, 0.6) is 0 Å². The lowest BCUT2D eigenvalue weighted by Crippen LogP contribution is -2.06. The highest BCUT2D eigenvalue weighted by molar-refractivity contribution is 6.17. The zero-order valence-corrected chi connectivity index (χ0v) is 6.25. The first kappa shape index (κ1) is 9.96. The van der Waals surface area contributed by atoms with Gasteiger partial charge in [0.15, 0.2) is 0 Å². The van der Waals surface area contributed by atoms with Gasteiger partial charge in [0.05, 0.1) is 25.0 Å². The average molecular weight is 152 g/mol. The summed E-state index contributed by atoms with van der Waals surface area (Å²) >= 11 is 0. The largest absolute Gasteiger partial charge is 0.438 e. The van der Waals surface area contributed by atoms with Crippen LogP contribution in [0.2, 0.25) is 0 Å². The van der Waals surface area contributed by atoms with Crippen molar-refractivity contribution < 1.29 is 9.31 Å². The van der Waals surface area contributed by atoms with E-state index in [2.05, 4.69) is 0 Å². The number of nitrogens with zero attached hydrogens (tertiary/aromatic N) is 2. The summed E-state index contributed by atoms with van der Waals surface area (Å²) < 4.78 is 9.73. The zero-order chi connectivity index (χ0) is 8.36. The van der Waals surface area contributed by atoms with Crippen LogP contribution in [0.1, 0.15) is 12.8 Å². The number of hydrogen-bond acceptors (Lipinski definition) is 4. The lowest BCUT2D eigenvalue weighted by atomic mass is 10.3. The molecule has 0 fully saturated rings. The molecule has 0 spiro atoms. The average Bonchev–Trinajstić information content (AvgIpc) is 2.03. The van der Waals surface area contributed by atoms with Crippen molar-refractivity contribution in [3.8, 4) is 12.1 Å². The van der Waals surface area contributed by atoms with Crippen LogP contribution in [-0.2, 0) is 9.31 Å². The molecule has 0 radical (unpaired) electrons. The maximum atomic E-state index is 8.09. The molecule has 0 saturated heterocycles. The first-order chi connectivity index (χ1) is 5.41. The van der Waals surface area contributed by atoms with Crippen molar-refractivity contribution in [3.63, 3.8) is 0 Å². The summed E-state index contributed by atoms with van der Waals surface area (Å²) in [5, 5.41) is 16.2. The summed E-state index contributed by atoms with van der Waals surface area (Å²) in [7, 11) is 0.170. The van der Waals surface area contributed by atoms with E-state index in [1.165, 1.54) is 0 Å². The fourth-order valence-electron chi connectivity index (χ4n) is 0.412. The minimum absolute atomic E-state index is 0.170. The molecule has 0 aromatic heterocycles. The van der Waals surface area contributed by atoms with Gasteiger partial charge in [-0.15, -0.1) is 0 Å². The minimum Gasteiger partial charge on any atom is -0.413 e. The van der Waals surface area contributed by atoms with E-state index in [1.54, 1.807) is 0 Å². The van der Waals surface area contributed by atoms with Crippen LogP contribution in [0.3, 0.4) is 0 Å². The van der Waals surface area contributed by atoms with Gasteiger partial charge in [-0.25, -0.2) is 0 Å². The van der Waals surface area contributed by atoms with E-state index in [0.717, 1.165) is 0 Å². The third kappa shape index (κ3) is 8.96. The topological polar surface area (TPSA) is 66.0 Å². The Labute approximate surface area is 66.6 Å². The third-order valence-corrected chi connectivity index (χ3v) is 0.883. The summed E-state index contributed by atoms with van der Waals surface area (Å²) in [6, 6.07) is 3.87. The first-order valence-corrected chi connectivity index (χ1v) is 3.31. The van der Waals surface area contributed by atoms with Gasteiger partial charge in [-0.3, -0.25) is 0 Å². The van der Waals surface area contributed by atoms with Crippen molar-refractivity contribution in [2.45, 2.75) is 12.8 Å². The predicted octanol–water partition coefficient (Wildman–Crippen LogP) is 0.113. The Hall–Kier alpha value is -1.04. The number of hydrogen-bond donors (Lipinski definition) is 0. The Morgan fingerprint density at radius 1 is 1.00 bits per heavy atom. The van der Waals surface area contributed by atoms with Crippen LogP contribution in [-0.4, -0.2) is 20.9 Å². The SMILES string of the molecule is N#CCCOBOCCC#N. The molecule has 0 heterocycles. The summed E-state index contributed by atoms with van der Waals surface area (Å²) in [6.45, 7) is 0.784. The van der Waals surface area contributed by atoms with E-state index in [1.807, 2.05) is 12.1 Å². The van der Waals surface area contributed by atoms with Gasteiger partial charge in [0.1, 0.15) is 0 Å². The molecule has 0 saturated carbocycles. The van der Waals surface area contributed by atoms with Crippen molar-refractivity contribution in [2.75, 3.05) is 13.2 Å². The van der Waals surface area contributed by atoms with Crippen molar-refractivity contribution in [1.29, 1.82) is 10.5 Å². The highest BCUT2D eigenvalue weighted by Gasteiger charge is 1.91. The van der Waals surface area contributed by atoms with E-state index >= 15 is 0 Å². The summed E-state index contributed by atoms with van der Waals surface area (Å²) in [5.74, 6) is 0. The smallest absolute Gasteiger partial charge is 0.413 e. The lowest BCUT2D eigenvalue weighted by molar-refractivity contribution is 0.229. The Morgan fingerprint density at radius 3 is 1.82 bits per heavy atom. The lowest BCUT2D eigenvalue weighted by Gasteiger charge is -1.98. The molecule has 0 aromatic carbocycles. The van der Waals surface area contributed by atoms with Crippen molar-refractivity contribution in [2.24, 2.45) is 0 Å². The molecule has 0 bridgehead atoms. The standard InChI is InChI=1S/C6H9BN2O2/c8-3-1-5-10-7-11-6-2-4-9/h7H,1-2,5-6H2. The molecule has 0 aliphatic heterocycles. The van der Waals surface area contributed by atoms with E-state index in [-0.39, 0.29) is 7.69 Å². The van der Waals surface area contributed by atoms with Crippen molar-refractivity contribution >= 4 is 7.69 Å². The van der Waals surface area contributed by atoms with Gasteiger partial charge in [-0.1, -0.05) is 0 Å². The third-order valence-electron chi connectivity index (χ3n) is 0.883. The van der Waals surface area contributed by atoms with Crippen LogP contribution in [0.25, 0.3) is 0 Å². The molecule has 0 aromatic rings. The highest BCUT2D eigenvalue weighted by Crippen LogP contribution is 1.81. The van der Waals surface area contributed by atoms with Gasteiger partial charge < -0.3 is 9.31 Å².